The molecule has 1 N–H and O–H groups in total. The van der Waals surface area contributed by atoms with Gasteiger partial charge in [0.1, 0.15) is 5.69 Å². The first kappa shape index (κ1) is 10.3. The van der Waals surface area contributed by atoms with Gasteiger partial charge in [-0.2, -0.15) is 0 Å². The molecule has 0 radical (unpaired) electrons. The molecule has 0 aliphatic carbocycles. The molecule has 0 saturated carbocycles. The Bertz CT molecular complexity index is 339. The molecule has 0 unspecified atom stereocenters. The van der Waals surface area contributed by atoms with Crippen LogP contribution in [0.5, 0.6) is 11.6 Å². The number of pyridine rings is 1. The van der Waals surface area contributed by atoms with Crippen molar-refractivity contribution in [3.05, 3.63) is 17.8 Å². The number of ether oxygens (including phenoxy) is 2. The Kier molecular flexibility index (Phi) is 3.28. The van der Waals surface area contributed by atoms with Crippen molar-refractivity contribution in [2.45, 2.75) is 0 Å². The maximum Gasteiger partial charge on any atom is 0.269 e. The highest BCUT2D eigenvalue weighted by Gasteiger charge is 2.10. The van der Waals surface area contributed by atoms with Crippen molar-refractivity contribution in [1.29, 1.82) is 0 Å². The van der Waals surface area contributed by atoms with Crippen LogP contribution in [0.3, 0.4) is 0 Å². The van der Waals surface area contributed by atoms with E-state index >= 15 is 0 Å². The highest BCUT2D eigenvalue weighted by atomic mass is 16.5. The average molecular weight is 196 g/mol. The van der Waals surface area contributed by atoms with Gasteiger partial charge < -0.3 is 14.8 Å². The number of carbonyl (C=O) groups excluding carboxylic acids is 1. The molecule has 0 bridgehead atoms. The number of hydrogen-bond donors (Lipinski definition) is 1. The lowest BCUT2D eigenvalue weighted by Gasteiger charge is -2.07. The first-order valence-electron chi connectivity index (χ1n) is 4.04. The Morgan fingerprint density at radius 3 is 2.57 bits per heavy atom. The summed E-state index contributed by atoms with van der Waals surface area (Å²) in [7, 11) is 4.53. The molecule has 0 aromatic carbocycles. The smallest absolute Gasteiger partial charge is 0.269 e. The summed E-state index contributed by atoms with van der Waals surface area (Å²) in [6.07, 6.45) is 0. The maximum absolute atomic E-state index is 11.2. The standard InChI is InChI=1S/C9H12N2O3/c1-10-8(12)6-4-5-7(13-2)9(11-6)14-3/h4-5H,1-3H3,(H,10,12). The molecule has 1 amide bonds. The van der Waals surface area contributed by atoms with E-state index in [0.29, 0.717) is 17.3 Å². The zero-order valence-electron chi connectivity index (χ0n) is 8.33. The Labute approximate surface area is 82.0 Å². The van der Waals surface area contributed by atoms with Gasteiger partial charge in [0.2, 0.25) is 0 Å². The van der Waals surface area contributed by atoms with Gasteiger partial charge in [0.15, 0.2) is 5.75 Å². The minimum atomic E-state index is -0.258. The molecule has 0 aliphatic rings. The summed E-state index contributed by atoms with van der Waals surface area (Å²) in [5, 5.41) is 2.47. The van der Waals surface area contributed by atoms with Gasteiger partial charge >= 0.3 is 0 Å². The molecule has 5 heteroatoms. The van der Waals surface area contributed by atoms with E-state index in [2.05, 4.69) is 10.3 Å². The van der Waals surface area contributed by atoms with Crippen LogP contribution in [0.15, 0.2) is 12.1 Å². The summed E-state index contributed by atoms with van der Waals surface area (Å²) in [5.74, 6) is 0.541. The van der Waals surface area contributed by atoms with Crippen LogP contribution in [0.2, 0.25) is 0 Å². The predicted molar refractivity (Wildman–Crippen MR) is 50.7 cm³/mol. The molecule has 0 saturated heterocycles. The fourth-order valence-electron chi connectivity index (χ4n) is 0.984. The van der Waals surface area contributed by atoms with Crippen LogP contribution in [0.1, 0.15) is 10.5 Å². The van der Waals surface area contributed by atoms with E-state index in [4.69, 9.17) is 9.47 Å². The molecule has 0 spiro atoms. The zero-order valence-corrected chi connectivity index (χ0v) is 8.33. The summed E-state index contributed by atoms with van der Waals surface area (Å²) in [6, 6.07) is 3.20. The number of nitrogens with one attached hydrogen (secondary N) is 1. The molecule has 0 aliphatic heterocycles. The zero-order chi connectivity index (χ0) is 10.6. The molecule has 1 aromatic rings. The summed E-state index contributed by atoms with van der Waals surface area (Å²) in [6.45, 7) is 0. The lowest BCUT2D eigenvalue weighted by molar-refractivity contribution is 0.0957. The maximum atomic E-state index is 11.2. The van der Waals surface area contributed by atoms with Crippen molar-refractivity contribution in [1.82, 2.24) is 10.3 Å². The topological polar surface area (TPSA) is 60.5 Å². The number of amides is 1. The monoisotopic (exact) mass is 196 g/mol. The van der Waals surface area contributed by atoms with Gasteiger partial charge in [0.25, 0.3) is 11.8 Å². The predicted octanol–water partition coefficient (Wildman–Crippen LogP) is 0.458. The van der Waals surface area contributed by atoms with Crippen LogP contribution in [-0.2, 0) is 0 Å². The number of carbonyl (C=O) groups is 1. The minimum Gasteiger partial charge on any atom is -0.491 e. The molecule has 1 rings (SSSR count). The lowest BCUT2D eigenvalue weighted by atomic mass is 10.3. The number of methoxy groups -OCH3 is 2. The molecule has 1 aromatic heterocycles. The Balaban J connectivity index is 3.07. The van der Waals surface area contributed by atoms with E-state index in [1.807, 2.05) is 0 Å². The number of nitrogens with zero attached hydrogens (tertiary/aromatic N) is 1. The van der Waals surface area contributed by atoms with E-state index < -0.39 is 0 Å². The van der Waals surface area contributed by atoms with Crippen LogP contribution < -0.4 is 14.8 Å². The Hall–Kier alpha value is -1.78. The van der Waals surface area contributed by atoms with E-state index in [-0.39, 0.29) is 5.91 Å². The summed E-state index contributed by atoms with van der Waals surface area (Å²) < 4.78 is 9.94. The van der Waals surface area contributed by atoms with Crippen LogP contribution in [-0.4, -0.2) is 32.2 Å². The second-order valence-electron chi connectivity index (χ2n) is 2.49. The third-order valence-electron chi connectivity index (χ3n) is 1.70. The molecule has 1 heterocycles. The number of hydrogen-bond acceptors (Lipinski definition) is 4. The third-order valence-corrected chi connectivity index (χ3v) is 1.70. The van der Waals surface area contributed by atoms with Gasteiger partial charge in [-0.1, -0.05) is 0 Å². The number of aromatic nitrogens is 1. The van der Waals surface area contributed by atoms with E-state index in [1.165, 1.54) is 14.2 Å². The van der Waals surface area contributed by atoms with Crippen molar-refractivity contribution in [3.63, 3.8) is 0 Å². The summed E-state index contributed by atoms with van der Waals surface area (Å²) >= 11 is 0. The van der Waals surface area contributed by atoms with Crippen molar-refractivity contribution in [3.8, 4) is 11.6 Å². The largest absolute Gasteiger partial charge is 0.491 e. The van der Waals surface area contributed by atoms with Gasteiger partial charge in [0.05, 0.1) is 14.2 Å². The Morgan fingerprint density at radius 1 is 1.36 bits per heavy atom. The van der Waals surface area contributed by atoms with Gasteiger partial charge in [-0.3, -0.25) is 4.79 Å². The molecule has 0 fully saturated rings. The van der Waals surface area contributed by atoms with Crippen molar-refractivity contribution < 1.29 is 14.3 Å². The van der Waals surface area contributed by atoms with Crippen molar-refractivity contribution >= 4 is 5.91 Å². The molecule has 5 nitrogen and oxygen atoms in total. The van der Waals surface area contributed by atoms with Crippen molar-refractivity contribution in [2.75, 3.05) is 21.3 Å². The van der Waals surface area contributed by atoms with Crippen molar-refractivity contribution in [2.24, 2.45) is 0 Å². The summed E-state index contributed by atoms with van der Waals surface area (Å²) in [4.78, 5) is 15.2. The summed E-state index contributed by atoms with van der Waals surface area (Å²) in [5.41, 5.74) is 0.296. The third kappa shape index (κ3) is 1.93. The fourth-order valence-corrected chi connectivity index (χ4v) is 0.984. The normalized spacial score (nSPS) is 9.36. The quantitative estimate of drug-likeness (QED) is 0.762. The SMILES string of the molecule is CNC(=O)c1ccc(OC)c(OC)n1. The first-order chi connectivity index (χ1) is 6.72. The highest BCUT2D eigenvalue weighted by molar-refractivity contribution is 5.92. The second kappa shape index (κ2) is 4.45. The van der Waals surface area contributed by atoms with Crippen LogP contribution in [0.4, 0.5) is 0 Å². The molecule has 14 heavy (non-hydrogen) atoms. The highest BCUT2D eigenvalue weighted by Crippen LogP contribution is 2.23. The second-order valence-corrected chi connectivity index (χ2v) is 2.49. The first-order valence-corrected chi connectivity index (χ1v) is 4.04. The molecule has 76 valence electrons. The van der Waals surface area contributed by atoms with Crippen LogP contribution >= 0.6 is 0 Å². The molecular weight excluding hydrogens is 184 g/mol. The van der Waals surface area contributed by atoms with Gasteiger partial charge in [-0.25, -0.2) is 4.98 Å². The fraction of sp³-hybridized carbons (Fsp3) is 0.333. The Morgan fingerprint density at radius 2 is 2.07 bits per heavy atom. The number of rotatable bonds is 3. The minimum absolute atomic E-state index is 0.258. The molecular formula is C9H12N2O3. The van der Waals surface area contributed by atoms with E-state index in [1.54, 1.807) is 19.2 Å². The average Bonchev–Trinajstić information content (AvgIpc) is 2.26. The van der Waals surface area contributed by atoms with E-state index in [0.717, 1.165) is 0 Å². The lowest BCUT2D eigenvalue weighted by Crippen LogP contribution is -2.19. The van der Waals surface area contributed by atoms with Crippen LogP contribution in [0.25, 0.3) is 0 Å². The van der Waals surface area contributed by atoms with Gasteiger partial charge in [-0.15, -0.1) is 0 Å². The van der Waals surface area contributed by atoms with Gasteiger partial charge in [0, 0.05) is 7.05 Å². The van der Waals surface area contributed by atoms with Gasteiger partial charge in [-0.05, 0) is 12.1 Å². The molecule has 0 atom stereocenters. The van der Waals surface area contributed by atoms with E-state index in [9.17, 15) is 4.79 Å². The van der Waals surface area contributed by atoms with Crippen LogP contribution in [0, 0.1) is 0 Å².